The molecule has 0 aliphatic rings. The van der Waals surface area contributed by atoms with Crippen molar-refractivity contribution < 1.29 is 4.74 Å². The molecule has 0 saturated heterocycles. The summed E-state index contributed by atoms with van der Waals surface area (Å²) in [4.78, 5) is 0. The van der Waals surface area contributed by atoms with Crippen molar-refractivity contribution in [3.63, 3.8) is 0 Å². The summed E-state index contributed by atoms with van der Waals surface area (Å²) < 4.78 is 7.62. The molecule has 5 nitrogen and oxygen atoms in total. The Morgan fingerprint density at radius 1 is 1.20 bits per heavy atom. The zero-order valence-corrected chi connectivity index (χ0v) is 15.1. The summed E-state index contributed by atoms with van der Waals surface area (Å²) in [5, 5.41) is 11.6. The van der Waals surface area contributed by atoms with Crippen LogP contribution < -0.4 is 4.74 Å². The number of aryl methyl sites for hydroxylation is 1. The number of ether oxygens (including phenoxy) is 1. The molecule has 2 aromatic carbocycles. The second kappa shape index (κ2) is 7.90. The van der Waals surface area contributed by atoms with Crippen molar-refractivity contribution >= 4 is 18.4 Å². The van der Waals surface area contributed by atoms with Crippen LogP contribution in [-0.4, -0.2) is 27.7 Å². The van der Waals surface area contributed by atoms with Crippen LogP contribution in [0.5, 0.6) is 5.75 Å². The van der Waals surface area contributed by atoms with E-state index in [4.69, 9.17) is 17.0 Å². The molecule has 6 heteroatoms. The van der Waals surface area contributed by atoms with Crippen LogP contribution in [0.2, 0.25) is 0 Å². The molecule has 0 fully saturated rings. The number of benzene rings is 2. The molecule has 1 N–H and O–H groups in total. The van der Waals surface area contributed by atoms with Crippen LogP contribution in [0.4, 0.5) is 0 Å². The van der Waals surface area contributed by atoms with Crippen molar-refractivity contribution in [3.8, 4) is 17.1 Å². The van der Waals surface area contributed by atoms with E-state index in [2.05, 4.69) is 34.4 Å². The van der Waals surface area contributed by atoms with Crippen LogP contribution in [0.1, 0.15) is 25.0 Å². The quantitative estimate of drug-likeness (QED) is 0.527. The van der Waals surface area contributed by atoms with E-state index in [9.17, 15) is 0 Å². The maximum atomic E-state index is 5.55. The number of nitrogens with zero attached hydrogens (tertiary/aromatic N) is 3. The van der Waals surface area contributed by atoms with Crippen LogP contribution >= 0.6 is 12.2 Å². The minimum atomic E-state index is 0.443. The fourth-order valence-corrected chi connectivity index (χ4v) is 2.62. The lowest BCUT2D eigenvalue weighted by Crippen LogP contribution is -1.96. The monoisotopic (exact) mass is 352 g/mol. The first kappa shape index (κ1) is 17.1. The molecule has 25 heavy (non-hydrogen) atoms. The number of aromatic amines is 1. The van der Waals surface area contributed by atoms with Gasteiger partial charge in [-0.2, -0.15) is 14.9 Å². The Morgan fingerprint density at radius 3 is 2.72 bits per heavy atom. The zero-order chi connectivity index (χ0) is 17.6. The summed E-state index contributed by atoms with van der Waals surface area (Å²) in [7, 11) is 0. The van der Waals surface area contributed by atoms with Gasteiger partial charge in [0.2, 0.25) is 4.77 Å². The first-order valence-corrected chi connectivity index (χ1v) is 8.66. The van der Waals surface area contributed by atoms with Crippen molar-refractivity contribution in [2.75, 3.05) is 6.61 Å². The molecule has 0 saturated carbocycles. The fourth-order valence-electron chi connectivity index (χ4n) is 2.44. The normalized spacial score (nSPS) is 11.1. The first-order chi connectivity index (χ1) is 12.2. The molecule has 128 valence electrons. The Morgan fingerprint density at radius 2 is 2.00 bits per heavy atom. The van der Waals surface area contributed by atoms with E-state index < -0.39 is 0 Å². The number of hydrogen-bond acceptors (Lipinski definition) is 4. The third kappa shape index (κ3) is 4.03. The predicted octanol–water partition coefficient (Wildman–Crippen LogP) is 4.45. The van der Waals surface area contributed by atoms with Crippen molar-refractivity contribution in [2.24, 2.45) is 5.10 Å². The van der Waals surface area contributed by atoms with Crippen molar-refractivity contribution in [2.45, 2.75) is 20.3 Å². The van der Waals surface area contributed by atoms with Crippen molar-refractivity contribution in [3.05, 3.63) is 64.4 Å². The zero-order valence-electron chi connectivity index (χ0n) is 14.3. The van der Waals surface area contributed by atoms with E-state index in [-0.39, 0.29) is 0 Å². The highest BCUT2D eigenvalue weighted by molar-refractivity contribution is 7.71. The summed E-state index contributed by atoms with van der Waals surface area (Å²) in [5.74, 6) is 1.44. The maximum Gasteiger partial charge on any atom is 0.216 e. The highest BCUT2D eigenvalue weighted by atomic mass is 32.1. The molecule has 0 atom stereocenters. The van der Waals surface area contributed by atoms with Crippen molar-refractivity contribution in [1.82, 2.24) is 14.9 Å². The Bertz CT molecular complexity index is 925. The summed E-state index contributed by atoms with van der Waals surface area (Å²) in [6.45, 7) is 4.70. The van der Waals surface area contributed by atoms with Gasteiger partial charge in [-0.15, -0.1) is 0 Å². The van der Waals surface area contributed by atoms with Crippen LogP contribution in [0.3, 0.4) is 0 Å². The van der Waals surface area contributed by atoms with Gasteiger partial charge >= 0.3 is 0 Å². The topological polar surface area (TPSA) is 55.2 Å². The summed E-state index contributed by atoms with van der Waals surface area (Å²) >= 11 is 5.31. The Hall–Kier alpha value is -2.73. The van der Waals surface area contributed by atoms with Crippen molar-refractivity contribution in [1.29, 1.82) is 0 Å². The van der Waals surface area contributed by atoms with Crippen LogP contribution in [0.15, 0.2) is 53.6 Å². The third-order valence-electron chi connectivity index (χ3n) is 3.76. The lowest BCUT2D eigenvalue weighted by molar-refractivity contribution is 0.340. The smallest absolute Gasteiger partial charge is 0.216 e. The molecular formula is C19H20N4OS. The van der Waals surface area contributed by atoms with Gasteiger partial charge in [-0.05, 0) is 48.8 Å². The van der Waals surface area contributed by atoms with Crippen LogP contribution in [0.25, 0.3) is 11.4 Å². The average molecular weight is 352 g/mol. The molecule has 0 spiro atoms. The minimum absolute atomic E-state index is 0.443. The molecule has 3 rings (SSSR count). The largest absolute Gasteiger partial charge is 0.494 e. The summed E-state index contributed by atoms with van der Waals surface area (Å²) in [6, 6.07) is 16.0. The van der Waals surface area contributed by atoms with Crippen LogP contribution in [0, 0.1) is 4.77 Å². The SMILES string of the molecule is CCOc1cccc(-c2n[nH]c(=S)n2N=Cc2ccc(CC)cc2)c1. The van der Waals surface area contributed by atoms with E-state index >= 15 is 0 Å². The second-order valence-electron chi connectivity index (χ2n) is 5.46. The number of hydrogen-bond donors (Lipinski definition) is 1. The minimum Gasteiger partial charge on any atom is -0.494 e. The van der Waals surface area contributed by atoms with Gasteiger partial charge in [-0.25, -0.2) is 5.10 Å². The lowest BCUT2D eigenvalue weighted by Gasteiger charge is -2.05. The Labute approximate surface area is 152 Å². The van der Waals surface area contributed by atoms with E-state index in [0.29, 0.717) is 17.2 Å². The van der Waals surface area contributed by atoms with E-state index in [1.807, 2.05) is 43.3 Å². The summed E-state index contributed by atoms with van der Waals surface area (Å²) in [6.07, 6.45) is 2.80. The molecule has 0 aliphatic carbocycles. The van der Waals surface area contributed by atoms with E-state index in [0.717, 1.165) is 23.3 Å². The van der Waals surface area contributed by atoms with Gasteiger partial charge in [-0.3, -0.25) is 0 Å². The molecular weight excluding hydrogens is 332 g/mol. The molecule has 0 bridgehead atoms. The maximum absolute atomic E-state index is 5.55. The van der Waals surface area contributed by atoms with Gasteiger partial charge in [0.05, 0.1) is 12.8 Å². The van der Waals surface area contributed by atoms with E-state index in [1.165, 1.54) is 5.56 Å². The first-order valence-electron chi connectivity index (χ1n) is 8.25. The Balaban J connectivity index is 1.92. The number of nitrogens with one attached hydrogen (secondary N) is 1. The molecule has 1 heterocycles. The van der Waals surface area contributed by atoms with Gasteiger partial charge in [0.15, 0.2) is 5.82 Å². The second-order valence-corrected chi connectivity index (χ2v) is 5.85. The number of H-pyrrole nitrogens is 1. The standard InChI is InChI=1S/C19H20N4OS/c1-3-14-8-10-15(11-9-14)13-20-23-18(21-22-19(23)25)16-6-5-7-17(12-16)24-4-2/h5-13H,3-4H2,1-2H3,(H,22,25). The van der Waals surface area contributed by atoms with E-state index in [1.54, 1.807) is 10.9 Å². The third-order valence-corrected chi connectivity index (χ3v) is 4.03. The predicted molar refractivity (Wildman–Crippen MR) is 103 cm³/mol. The molecule has 0 amide bonds. The Kier molecular flexibility index (Phi) is 5.40. The molecule has 1 aromatic heterocycles. The van der Waals surface area contributed by atoms with Gasteiger partial charge in [0.25, 0.3) is 0 Å². The fraction of sp³-hybridized carbons (Fsp3) is 0.211. The molecule has 3 aromatic rings. The van der Waals surface area contributed by atoms with Gasteiger partial charge < -0.3 is 4.74 Å². The average Bonchev–Trinajstić information content (AvgIpc) is 3.01. The molecule has 0 unspecified atom stereocenters. The van der Waals surface area contributed by atoms with Gasteiger partial charge in [0.1, 0.15) is 5.75 Å². The number of aromatic nitrogens is 3. The number of rotatable bonds is 6. The molecule has 0 aliphatic heterocycles. The van der Waals surface area contributed by atoms with Gasteiger partial charge in [-0.1, -0.05) is 43.3 Å². The highest BCUT2D eigenvalue weighted by Gasteiger charge is 2.09. The molecule has 0 radical (unpaired) electrons. The highest BCUT2D eigenvalue weighted by Crippen LogP contribution is 2.22. The van der Waals surface area contributed by atoms with Crippen LogP contribution in [-0.2, 0) is 6.42 Å². The summed E-state index contributed by atoms with van der Waals surface area (Å²) in [5.41, 5.74) is 3.19. The van der Waals surface area contributed by atoms with Gasteiger partial charge in [0, 0.05) is 5.56 Å². The lowest BCUT2D eigenvalue weighted by atomic mass is 10.1.